The van der Waals surface area contributed by atoms with Gasteiger partial charge in [-0.05, 0) is 79.7 Å². The lowest BCUT2D eigenvalue weighted by Crippen LogP contribution is -2.06. The van der Waals surface area contributed by atoms with Gasteiger partial charge in [0.05, 0.1) is 67.8 Å². The lowest BCUT2D eigenvalue weighted by molar-refractivity contribution is 0.0651. The van der Waals surface area contributed by atoms with E-state index in [9.17, 15) is 19.2 Å². The molecule has 0 aliphatic heterocycles. The zero-order valence-corrected chi connectivity index (χ0v) is 25.8. The van der Waals surface area contributed by atoms with E-state index in [2.05, 4.69) is 19.9 Å². The van der Waals surface area contributed by atoms with Gasteiger partial charge in [-0.1, -0.05) is 24.3 Å². The highest BCUT2D eigenvalue weighted by atomic mass is 16.4. The molecule has 0 radical (unpaired) electrons. The molecule has 0 aliphatic rings. The van der Waals surface area contributed by atoms with Gasteiger partial charge in [0.25, 0.3) is 0 Å². The average Bonchev–Trinajstić information content (AvgIpc) is 2.96. The molecule has 12 nitrogen and oxygen atoms in total. The predicted molar refractivity (Wildman–Crippen MR) is 163 cm³/mol. The number of aryl methyl sites for hydroxylation is 8. The molecule has 0 aliphatic carbocycles. The Morgan fingerprint density at radius 2 is 0.500 bits per heavy atom. The van der Waals surface area contributed by atoms with E-state index in [1.807, 2.05) is 55.4 Å². The standard InChI is InChI=1S/2C8H12N2.2C8H6O4/c2*1-5-6(2)10-8(4)7(3)9-5;2*9-7(10)5-3-1-2-4-6(5)8(11)12/h2*1-4H3;2*1-4H,(H,9,10)(H,11,12). The zero-order chi connectivity index (χ0) is 33.7. The number of benzene rings is 2. The lowest BCUT2D eigenvalue weighted by atomic mass is 10.1. The maximum atomic E-state index is 10.5. The van der Waals surface area contributed by atoms with Crippen LogP contribution in [0.4, 0.5) is 0 Å². The van der Waals surface area contributed by atoms with Crippen molar-refractivity contribution < 1.29 is 39.6 Å². The van der Waals surface area contributed by atoms with E-state index in [1.165, 1.54) is 48.5 Å². The summed E-state index contributed by atoms with van der Waals surface area (Å²) in [6, 6.07) is 11.0. The molecule has 2 aromatic heterocycles. The van der Waals surface area contributed by atoms with Crippen LogP contribution >= 0.6 is 0 Å². The van der Waals surface area contributed by atoms with E-state index in [0.29, 0.717) is 0 Å². The summed E-state index contributed by atoms with van der Waals surface area (Å²) < 4.78 is 0. The van der Waals surface area contributed by atoms with Crippen LogP contribution in [0.15, 0.2) is 48.5 Å². The Labute approximate surface area is 255 Å². The van der Waals surface area contributed by atoms with Gasteiger partial charge in [0.2, 0.25) is 0 Å². The molecule has 0 saturated carbocycles. The van der Waals surface area contributed by atoms with Crippen molar-refractivity contribution in [2.75, 3.05) is 0 Å². The van der Waals surface area contributed by atoms with E-state index < -0.39 is 23.9 Å². The van der Waals surface area contributed by atoms with Gasteiger partial charge >= 0.3 is 23.9 Å². The Bertz CT molecular complexity index is 1380. The zero-order valence-electron chi connectivity index (χ0n) is 25.8. The number of rotatable bonds is 4. The monoisotopic (exact) mass is 604 g/mol. The van der Waals surface area contributed by atoms with E-state index >= 15 is 0 Å². The van der Waals surface area contributed by atoms with Crippen molar-refractivity contribution in [3.63, 3.8) is 0 Å². The van der Waals surface area contributed by atoms with Gasteiger partial charge in [0.1, 0.15) is 0 Å². The second-order valence-corrected chi connectivity index (χ2v) is 9.44. The van der Waals surface area contributed by atoms with Crippen molar-refractivity contribution in [1.29, 1.82) is 0 Å². The van der Waals surface area contributed by atoms with Crippen LogP contribution in [0.25, 0.3) is 0 Å². The molecule has 44 heavy (non-hydrogen) atoms. The van der Waals surface area contributed by atoms with Crippen LogP contribution in [0.1, 0.15) is 87.0 Å². The van der Waals surface area contributed by atoms with Crippen LogP contribution in [0.5, 0.6) is 0 Å². The Kier molecular flexibility index (Phi) is 13.9. The third-order valence-electron chi connectivity index (χ3n) is 6.21. The van der Waals surface area contributed by atoms with Crippen molar-refractivity contribution in [3.05, 3.63) is 116 Å². The highest BCUT2D eigenvalue weighted by Gasteiger charge is 2.14. The highest BCUT2D eigenvalue weighted by molar-refractivity contribution is 6.02. The molecule has 0 bridgehead atoms. The molecule has 2 aromatic carbocycles. The fourth-order valence-corrected chi connectivity index (χ4v) is 3.37. The van der Waals surface area contributed by atoms with Crippen LogP contribution in [0.2, 0.25) is 0 Å². The number of aromatic carboxylic acids is 4. The molecule has 0 amide bonds. The summed E-state index contributed by atoms with van der Waals surface area (Å²) in [4.78, 5) is 59.1. The molecule has 2 heterocycles. The lowest BCUT2D eigenvalue weighted by Gasteiger charge is -2.01. The van der Waals surface area contributed by atoms with Gasteiger partial charge in [0.15, 0.2) is 0 Å². The first kappa shape index (κ1) is 36.5. The summed E-state index contributed by atoms with van der Waals surface area (Å²) in [5.41, 5.74) is 7.49. The fraction of sp³-hybridized carbons (Fsp3) is 0.250. The number of carboxylic acid groups (broad SMARTS) is 4. The minimum absolute atomic E-state index is 0.190. The summed E-state index contributed by atoms with van der Waals surface area (Å²) in [6.45, 7) is 15.8. The second-order valence-electron chi connectivity index (χ2n) is 9.44. The van der Waals surface area contributed by atoms with Crippen molar-refractivity contribution >= 4 is 23.9 Å². The van der Waals surface area contributed by atoms with Crippen molar-refractivity contribution in [2.45, 2.75) is 55.4 Å². The molecule has 12 heteroatoms. The Morgan fingerprint density at radius 3 is 0.614 bits per heavy atom. The fourth-order valence-electron chi connectivity index (χ4n) is 3.37. The Balaban J connectivity index is 0.000000294. The van der Waals surface area contributed by atoms with Crippen molar-refractivity contribution in [3.8, 4) is 0 Å². The van der Waals surface area contributed by atoms with Gasteiger partial charge < -0.3 is 20.4 Å². The molecular formula is C32H36N4O8. The van der Waals surface area contributed by atoms with Crippen molar-refractivity contribution in [1.82, 2.24) is 19.9 Å². The third kappa shape index (κ3) is 11.0. The quantitative estimate of drug-likeness (QED) is 0.225. The van der Waals surface area contributed by atoms with Crippen LogP contribution < -0.4 is 0 Å². The molecule has 4 aromatic rings. The largest absolute Gasteiger partial charge is 0.478 e. The van der Waals surface area contributed by atoms with E-state index in [4.69, 9.17) is 20.4 Å². The molecule has 0 saturated heterocycles. The first-order valence-corrected chi connectivity index (χ1v) is 13.2. The minimum atomic E-state index is -1.23. The smallest absolute Gasteiger partial charge is 0.336 e. The molecule has 232 valence electrons. The summed E-state index contributed by atoms with van der Waals surface area (Å²) >= 11 is 0. The molecule has 4 rings (SSSR count). The van der Waals surface area contributed by atoms with Crippen molar-refractivity contribution in [2.24, 2.45) is 0 Å². The maximum Gasteiger partial charge on any atom is 0.336 e. The SMILES string of the molecule is Cc1nc(C)c(C)nc1C.Cc1nc(C)c(C)nc1C.O=C(O)c1ccccc1C(=O)O.O=C(O)c1ccccc1C(=O)O. The summed E-state index contributed by atoms with van der Waals surface area (Å²) in [5, 5.41) is 34.2. The molecule has 4 N–H and O–H groups in total. The van der Waals surface area contributed by atoms with Gasteiger partial charge in [-0.25, -0.2) is 19.2 Å². The average molecular weight is 605 g/mol. The molecule has 0 fully saturated rings. The van der Waals surface area contributed by atoms with Crippen LogP contribution in [-0.2, 0) is 0 Å². The minimum Gasteiger partial charge on any atom is -0.478 e. The summed E-state index contributed by atoms with van der Waals surface area (Å²) in [7, 11) is 0. The molecule has 0 unspecified atom stereocenters. The number of carbonyl (C=O) groups is 4. The molecule has 0 atom stereocenters. The van der Waals surface area contributed by atoms with Gasteiger partial charge in [-0.2, -0.15) is 0 Å². The number of hydrogen-bond acceptors (Lipinski definition) is 8. The Hall–Kier alpha value is -5.52. The van der Waals surface area contributed by atoms with Gasteiger partial charge in [0, 0.05) is 0 Å². The van der Waals surface area contributed by atoms with E-state index in [-0.39, 0.29) is 22.3 Å². The summed E-state index contributed by atoms with van der Waals surface area (Å²) in [6.07, 6.45) is 0. The summed E-state index contributed by atoms with van der Waals surface area (Å²) in [5.74, 6) is -4.91. The molecular weight excluding hydrogens is 568 g/mol. The topological polar surface area (TPSA) is 201 Å². The predicted octanol–water partition coefficient (Wildman–Crippen LogP) is 5.59. The first-order chi connectivity index (χ1) is 20.5. The number of nitrogens with zero attached hydrogens (tertiary/aromatic N) is 4. The van der Waals surface area contributed by atoms with Crippen LogP contribution in [0, 0.1) is 55.4 Å². The Morgan fingerprint density at radius 1 is 0.364 bits per heavy atom. The molecule has 0 spiro atoms. The number of aromatic nitrogens is 4. The van der Waals surface area contributed by atoms with E-state index in [0.717, 1.165) is 45.6 Å². The highest BCUT2D eigenvalue weighted by Crippen LogP contribution is 2.09. The normalized spacial score (nSPS) is 9.64. The maximum absolute atomic E-state index is 10.5. The first-order valence-electron chi connectivity index (χ1n) is 13.2. The van der Waals surface area contributed by atoms with Gasteiger partial charge in [-0.3, -0.25) is 19.9 Å². The number of carboxylic acids is 4. The second kappa shape index (κ2) is 16.8. The van der Waals surface area contributed by atoms with Crippen LogP contribution in [-0.4, -0.2) is 64.2 Å². The number of hydrogen-bond donors (Lipinski definition) is 4. The third-order valence-corrected chi connectivity index (χ3v) is 6.21. The van der Waals surface area contributed by atoms with E-state index in [1.54, 1.807) is 0 Å². The van der Waals surface area contributed by atoms with Crippen LogP contribution in [0.3, 0.4) is 0 Å². The van der Waals surface area contributed by atoms with Gasteiger partial charge in [-0.15, -0.1) is 0 Å².